The summed E-state index contributed by atoms with van der Waals surface area (Å²) in [5.41, 5.74) is 8.20. The van der Waals surface area contributed by atoms with Crippen LogP contribution in [0.15, 0.2) is 0 Å². The van der Waals surface area contributed by atoms with Crippen LogP contribution in [-0.4, -0.2) is 29.9 Å². The van der Waals surface area contributed by atoms with Gasteiger partial charge >= 0.3 is 12.2 Å². The lowest BCUT2D eigenvalue weighted by molar-refractivity contribution is -0.146. The molecule has 1 aliphatic carbocycles. The molecule has 1 saturated carbocycles. The number of nitrogens with zero attached hydrogens (tertiary/aromatic N) is 2. The molecule has 5 nitrogen and oxygen atoms in total. The number of hydrogen-bond acceptors (Lipinski definition) is 3. The fourth-order valence-corrected chi connectivity index (χ4v) is 2.17. The SMILES string of the molecule is COC(=O)C1CCC(CC(=O)C=[N+]=[N-])CC1. The molecule has 1 rings (SSSR count). The highest BCUT2D eigenvalue weighted by atomic mass is 16.5. The third kappa shape index (κ3) is 3.59. The highest BCUT2D eigenvalue weighted by Crippen LogP contribution is 2.31. The van der Waals surface area contributed by atoms with Crippen LogP contribution >= 0.6 is 0 Å². The Hall–Kier alpha value is -1.48. The van der Waals surface area contributed by atoms with E-state index >= 15 is 0 Å². The number of methoxy groups -OCH3 is 1. The molecule has 1 aliphatic rings. The molecule has 0 aromatic carbocycles. The zero-order chi connectivity index (χ0) is 12.0. The zero-order valence-corrected chi connectivity index (χ0v) is 9.39. The lowest BCUT2D eigenvalue weighted by Gasteiger charge is -2.25. The lowest BCUT2D eigenvalue weighted by atomic mass is 9.80. The Morgan fingerprint density at radius 1 is 1.38 bits per heavy atom. The van der Waals surface area contributed by atoms with E-state index in [1.807, 2.05) is 0 Å². The molecule has 88 valence electrons. The number of rotatable bonds is 4. The topological polar surface area (TPSA) is 79.8 Å². The minimum atomic E-state index is -0.163. The van der Waals surface area contributed by atoms with Crippen molar-refractivity contribution in [3.63, 3.8) is 0 Å². The number of carbonyl (C=O) groups excluding carboxylic acids is 2. The van der Waals surface area contributed by atoms with Crippen molar-refractivity contribution in [2.24, 2.45) is 11.8 Å². The number of carbonyl (C=O) groups is 2. The molecule has 1 fully saturated rings. The Morgan fingerprint density at radius 2 is 2.00 bits per heavy atom. The van der Waals surface area contributed by atoms with Crippen molar-refractivity contribution in [1.29, 1.82) is 0 Å². The van der Waals surface area contributed by atoms with E-state index in [2.05, 4.69) is 9.53 Å². The van der Waals surface area contributed by atoms with Gasteiger partial charge in [0.15, 0.2) is 0 Å². The number of hydrogen-bond donors (Lipinski definition) is 0. The molecule has 0 N–H and O–H groups in total. The van der Waals surface area contributed by atoms with Gasteiger partial charge in [-0.25, -0.2) is 0 Å². The Labute approximate surface area is 94.4 Å². The van der Waals surface area contributed by atoms with Crippen molar-refractivity contribution in [2.45, 2.75) is 32.1 Å². The Bertz CT molecular complexity index is 313. The molecule has 5 heteroatoms. The molecule has 0 atom stereocenters. The van der Waals surface area contributed by atoms with E-state index in [0.29, 0.717) is 12.3 Å². The van der Waals surface area contributed by atoms with E-state index in [1.165, 1.54) is 7.11 Å². The van der Waals surface area contributed by atoms with Gasteiger partial charge in [-0.1, -0.05) is 0 Å². The molecule has 0 unspecified atom stereocenters. The summed E-state index contributed by atoms with van der Waals surface area (Å²) >= 11 is 0. The predicted molar refractivity (Wildman–Crippen MR) is 56.8 cm³/mol. The predicted octanol–water partition coefficient (Wildman–Crippen LogP) is 1.23. The van der Waals surface area contributed by atoms with Gasteiger partial charge in [-0.15, -0.1) is 0 Å². The van der Waals surface area contributed by atoms with E-state index in [-0.39, 0.29) is 17.7 Å². The van der Waals surface area contributed by atoms with Gasteiger partial charge in [-0.3, -0.25) is 9.59 Å². The van der Waals surface area contributed by atoms with Crippen molar-refractivity contribution in [1.82, 2.24) is 0 Å². The van der Waals surface area contributed by atoms with Crippen LogP contribution in [0, 0.1) is 11.8 Å². The van der Waals surface area contributed by atoms with Gasteiger partial charge in [0.25, 0.3) is 0 Å². The molecule has 0 heterocycles. The van der Waals surface area contributed by atoms with Crippen LogP contribution in [0.1, 0.15) is 32.1 Å². The molecular weight excluding hydrogens is 208 g/mol. The number of ether oxygens (including phenoxy) is 1. The molecular formula is C11H16N2O3. The first-order valence-corrected chi connectivity index (χ1v) is 5.45. The molecule has 0 saturated heterocycles. The van der Waals surface area contributed by atoms with Crippen LogP contribution in [0.4, 0.5) is 0 Å². The molecule has 0 aromatic heterocycles. The summed E-state index contributed by atoms with van der Waals surface area (Å²) in [5.74, 6) is -0.0278. The molecule has 0 spiro atoms. The highest BCUT2D eigenvalue weighted by molar-refractivity contribution is 6.25. The maximum absolute atomic E-state index is 11.3. The summed E-state index contributed by atoms with van der Waals surface area (Å²) in [7, 11) is 1.40. The first kappa shape index (κ1) is 12.6. The molecule has 0 bridgehead atoms. The third-order valence-corrected chi connectivity index (χ3v) is 3.07. The van der Waals surface area contributed by atoms with Gasteiger partial charge in [0, 0.05) is 6.42 Å². The first-order chi connectivity index (χ1) is 7.67. The second-order valence-corrected chi connectivity index (χ2v) is 4.16. The molecule has 0 aromatic rings. The monoisotopic (exact) mass is 224 g/mol. The highest BCUT2D eigenvalue weighted by Gasteiger charge is 2.28. The van der Waals surface area contributed by atoms with E-state index in [4.69, 9.17) is 5.53 Å². The van der Waals surface area contributed by atoms with Gasteiger partial charge in [-0.2, -0.15) is 4.79 Å². The summed E-state index contributed by atoms with van der Waals surface area (Å²) in [6.45, 7) is 0. The summed E-state index contributed by atoms with van der Waals surface area (Å²) in [4.78, 5) is 25.1. The molecule has 16 heavy (non-hydrogen) atoms. The minimum Gasteiger partial charge on any atom is -0.469 e. The van der Waals surface area contributed by atoms with Crippen molar-refractivity contribution >= 4 is 18.0 Å². The number of ketones is 1. The van der Waals surface area contributed by atoms with Crippen molar-refractivity contribution < 1.29 is 19.1 Å². The second kappa shape index (κ2) is 6.18. The molecule has 0 radical (unpaired) electrons. The van der Waals surface area contributed by atoms with Crippen molar-refractivity contribution in [2.75, 3.05) is 7.11 Å². The number of esters is 1. The second-order valence-electron chi connectivity index (χ2n) is 4.16. The Morgan fingerprint density at radius 3 is 2.50 bits per heavy atom. The smallest absolute Gasteiger partial charge is 0.323 e. The van der Waals surface area contributed by atoms with Gasteiger partial charge in [0.05, 0.1) is 13.0 Å². The van der Waals surface area contributed by atoms with Gasteiger partial charge in [0.1, 0.15) is 0 Å². The average molecular weight is 224 g/mol. The first-order valence-electron chi connectivity index (χ1n) is 5.45. The van der Waals surface area contributed by atoms with E-state index in [0.717, 1.165) is 31.9 Å². The minimum absolute atomic E-state index is 0.0112. The van der Waals surface area contributed by atoms with Crippen molar-refractivity contribution in [3.8, 4) is 0 Å². The number of Topliss-reactive ketones (excluding diaryl/α,β-unsaturated/α-hetero) is 1. The van der Waals surface area contributed by atoms with Gasteiger partial charge < -0.3 is 10.3 Å². The van der Waals surface area contributed by atoms with Crippen LogP contribution in [0.3, 0.4) is 0 Å². The lowest BCUT2D eigenvalue weighted by Crippen LogP contribution is -2.24. The summed E-state index contributed by atoms with van der Waals surface area (Å²) in [6, 6.07) is 0. The summed E-state index contributed by atoms with van der Waals surface area (Å²) < 4.78 is 4.68. The van der Waals surface area contributed by atoms with E-state index < -0.39 is 0 Å². The van der Waals surface area contributed by atoms with E-state index in [9.17, 15) is 9.59 Å². The summed E-state index contributed by atoms with van der Waals surface area (Å²) in [6.07, 6.45) is 4.60. The van der Waals surface area contributed by atoms with Crippen LogP contribution in [0.25, 0.3) is 5.53 Å². The fraction of sp³-hybridized carbons (Fsp3) is 0.727. The van der Waals surface area contributed by atoms with Crippen LogP contribution in [0.5, 0.6) is 0 Å². The fourth-order valence-electron chi connectivity index (χ4n) is 2.17. The maximum atomic E-state index is 11.3. The average Bonchev–Trinajstić information content (AvgIpc) is 2.29. The van der Waals surface area contributed by atoms with Gasteiger partial charge in [0.2, 0.25) is 5.78 Å². The largest absolute Gasteiger partial charge is 0.469 e. The zero-order valence-electron chi connectivity index (χ0n) is 9.39. The van der Waals surface area contributed by atoms with E-state index in [1.54, 1.807) is 0 Å². The molecule has 0 aliphatic heterocycles. The van der Waals surface area contributed by atoms with Crippen LogP contribution < -0.4 is 0 Å². The quantitative estimate of drug-likeness (QED) is 0.312. The maximum Gasteiger partial charge on any atom is 0.323 e. The normalized spacial score (nSPS) is 24.3. The van der Waals surface area contributed by atoms with Crippen LogP contribution in [-0.2, 0) is 14.3 Å². The van der Waals surface area contributed by atoms with Gasteiger partial charge in [-0.05, 0) is 31.6 Å². The Balaban J connectivity index is 2.34. The Kier molecular flexibility index (Phi) is 4.86. The third-order valence-electron chi connectivity index (χ3n) is 3.07. The van der Waals surface area contributed by atoms with Crippen LogP contribution in [0.2, 0.25) is 0 Å². The standard InChI is InChI=1S/C11H16N2O3/c1-16-11(15)9-4-2-8(3-5-9)6-10(14)7-13-12/h7-9H,2-6H2,1H3. The summed E-state index contributed by atoms with van der Waals surface area (Å²) in [5, 5.41) is 0. The van der Waals surface area contributed by atoms with Crippen molar-refractivity contribution in [3.05, 3.63) is 5.53 Å². The molecule has 0 amide bonds.